The van der Waals surface area contributed by atoms with Crippen molar-refractivity contribution in [2.75, 3.05) is 0 Å². The van der Waals surface area contributed by atoms with Gasteiger partial charge in [0.05, 0.1) is 0 Å². The molecule has 0 aromatic heterocycles. The number of carbonyl (C=O) groups is 1. The van der Waals surface area contributed by atoms with E-state index in [0.29, 0.717) is 12.8 Å². The molecule has 0 aliphatic heterocycles. The standard InChI is InChI=1S/C16H20O2/c1-13-5-7-14(8-6-13)9-10-15(17)16(18)11-3-2-4-12-16/h5-10,18H,2-4,11-12H2,1H3. The molecule has 0 atom stereocenters. The summed E-state index contributed by atoms with van der Waals surface area (Å²) >= 11 is 0. The van der Waals surface area contributed by atoms with E-state index in [1.807, 2.05) is 31.2 Å². The Labute approximate surface area is 108 Å². The van der Waals surface area contributed by atoms with Crippen LogP contribution in [0, 0.1) is 6.92 Å². The molecule has 0 amide bonds. The Bertz CT molecular complexity index is 437. The molecule has 1 aromatic carbocycles. The zero-order chi connectivity index (χ0) is 13.0. The Morgan fingerprint density at radius 1 is 1.17 bits per heavy atom. The van der Waals surface area contributed by atoms with Crippen molar-refractivity contribution < 1.29 is 9.90 Å². The Kier molecular flexibility index (Phi) is 3.97. The largest absolute Gasteiger partial charge is 0.382 e. The normalized spacial score (nSPS) is 19.0. The number of ketones is 1. The first kappa shape index (κ1) is 13.0. The van der Waals surface area contributed by atoms with E-state index in [4.69, 9.17) is 0 Å². The van der Waals surface area contributed by atoms with Crippen LogP contribution in [-0.4, -0.2) is 16.5 Å². The number of benzene rings is 1. The van der Waals surface area contributed by atoms with E-state index in [-0.39, 0.29) is 5.78 Å². The van der Waals surface area contributed by atoms with Crippen LogP contribution in [0.1, 0.15) is 43.2 Å². The topological polar surface area (TPSA) is 37.3 Å². The van der Waals surface area contributed by atoms with E-state index in [1.165, 1.54) is 11.6 Å². The predicted molar refractivity (Wildman–Crippen MR) is 73.3 cm³/mol. The lowest BCUT2D eigenvalue weighted by Crippen LogP contribution is -2.39. The van der Waals surface area contributed by atoms with E-state index < -0.39 is 5.60 Å². The van der Waals surface area contributed by atoms with Gasteiger partial charge in [-0.25, -0.2) is 0 Å². The third kappa shape index (κ3) is 3.08. The monoisotopic (exact) mass is 244 g/mol. The van der Waals surface area contributed by atoms with E-state index in [1.54, 1.807) is 6.08 Å². The highest BCUT2D eigenvalue weighted by Gasteiger charge is 2.34. The molecule has 0 saturated heterocycles. The Balaban J connectivity index is 2.04. The smallest absolute Gasteiger partial charge is 0.187 e. The van der Waals surface area contributed by atoms with Crippen LogP contribution < -0.4 is 0 Å². The van der Waals surface area contributed by atoms with Crippen molar-refractivity contribution in [3.05, 3.63) is 41.5 Å². The molecule has 1 aromatic rings. The van der Waals surface area contributed by atoms with Crippen LogP contribution in [0.2, 0.25) is 0 Å². The maximum atomic E-state index is 12.0. The SMILES string of the molecule is Cc1ccc(C=CC(=O)C2(O)CCCCC2)cc1. The zero-order valence-electron chi connectivity index (χ0n) is 10.9. The van der Waals surface area contributed by atoms with E-state index >= 15 is 0 Å². The molecule has 1 fully saturated rings. The second-order valence-corrected chi connectivity index (χ2v) is 5.20. The second-order valence-electron chi connectivity index (χ2n) is 5.20. The molecular weight excluding hydrogens is 224 g/mol. The van der Waals surface area contributed by atoms with Gasteiger partial charge in [0.1, 0.15) is 5.60 Å². The molecule has 1 aliphatic rings. The third-order valence-corrected chi connectivity index (χ3v) is 3.64. The number of aliphatic hydroxyl groups is 1. The van der Waals surface area contributed by atoms with E-state index in [2.05, 4.69) is 0 Å². The van der Waals surface area contributed by atoms with Gasteiger partial charge in [-0.05, 0) is 31.4 Å². The van der Waals surface area contributed by atoms with E-state index in [0.717, 1.165) is 24.8 Å². The molecule has 1 saturated carbocycles. The van der Waals surface area contributed by atoms with Gasteiger partial charge in [-0.1, -0.05) is 55.2 Å². The molecule has 0 unspecified atom stereocenters. The minimum Gasteiger partial charge on any atom is -0.382 e. The minimum atomic E-state index is -1.11. The number of carbonyl (C=O) groups excluding carboxylic acids is 1. The fourth-order valence-electron chi connectivity index (χ4n) is 2.39. The van der Waals surface area contributed by atoms with Crippen LogP contribution in [-0.2, 0) is 4.79 Å². The number of hydrogen-bond donors (Lipinski definition) is 1. The van der Waals surface area contributed by atoms with Crippen LogP contribution in [0.4, 0.5) is 0 Å². The van der Waals surface area contributed by atoms with Gasteiger partial charge >= 0.3 is 0 Å². The average molecular weight is 244 g/mol. The molecule has 0 bridgehead atoms. The van der Waals surface area contributed by atoms with Gasteiger partial charge in [-0.15, -0.1) is 0 Å². The summed E-state index contributed by atoms with van der Waals surface area (Å²) in [6.07, 6.45) is 7.52. The lowest BCUT2D eigenvalue weighted by atomic mass is 9.81. The highest BCUT2D eigenvalue weighted by molar-refractivity contribution is 5.99. The molecule has 2 nitrogen and oxygen atoms in total. The zero-order valence-corrected chi connectivity index (χ0v) is 10.9. The molecule has 96 valence electrons. The molecule has 1 N–H and O–H groups in total. The van der Waals surface area contributed by atoms with Gasteiger partial charge in [0.2, 0.25) is 0 Å². The fourth-order valence-corrected chi connectivity index (χ4v) is 2.39. The summed E-state index contributed by atoms with van der Waals surface area (Å²) in [5.41, 5.74) is 1.08. The first-order chi connectivity index (χ1) is 8.60. The molecule has 2 heteroatoms. The molecule has 2 rings (SSSR count). The molecule has 0 heterocycles. The summed E-state index contributed by atoms with van der Waals surface area (Å²) in [6, 6.07) is 7.98. The highest BCUT2D eigenvalue weighted by Crippen LogP contribution is 2.29. The van der Waals surface area contributed by atoms with Crippen molar-refractivity contribution in [1.82, 2.24) is 0 Å². The molecule has 0 spiro atoms. The molecular formula is C16H20O2. The molecule has 18 heavy (non-hydrogen) atoms. The van der Waals surface area contributed by atoms with Gasteiger partial charge in [-0.3, -0.25) is 4.79 Å². The van der Waals surface area contributed by atoms with Gasteiger partial charge < -0.3 is 5.11 Å². The van der Waals surface area contributed by atoms with E-state index in [9.17, 15) is 9.90 Å². The summed E-state index contributed by atoms with van der Waals surface area (Å²) in [4.78, 5) is 12.0. The van der Waals surface area contributed by atoms with Crippen molar-refractivity contribution in [1.29, 1.82) is 0 Å². The number of aryl methyl sites for hydroxylation is 1. The van der Waals surface area contributed by atoms with Crippen molar-refractivity contribution in [2.45, 2.75) is 44.6 Å². The first-order valence-corrected chi connectivity index (χ1v) is 6.62. The van der Waals surface area contributed by atoms with Crippen LogP contribution in [0.5, 0.6) is 0 Å². The van der Waals surface area contributed by atoms with Crippen molar-refractivity contribution in [2.24, 2.45) is 0 Å². The lowest BCUT2D eigenvalue weighted by Gasteiger charge is -2.29. The van der Waals surface area contributed by atoms with Crippen molar-refractivity contribution in [3.63, 3.8) is 0 Å². The number of rotatable bonds is 3. The quantitative estimate of drug-likeness (QED) is 0.828. The van der Waals surface area contributed by atoms with Crippen LogP contribution in [0.15, 0.2) is 30.3 Å². The van der Waals surface area contributed by atoms with Crippen LogP contribution in [0.3, 0.4) is 0 Å². The van der Waals surface area contributed by atoms with Crippen molar-refractivity contribution in [3.8, 4) is 0 Å². The average Bonchev–Trinajstić information content (AvgIpc) is 2.38. The summed E-state index contributed by atoms with van der Waals surface area (Å²) in [5, 5.41) is 10.3. The van der Waals surface area contributed by atoms with Gasteiger partial charge in [0.25, 0.3) is 0 Å². The Morgan fingerprint density at radius 3 is 2.39 bits per heavy atom. The highest BCUT2D eigenvalue weighted by atomic mass is 16.3. The summed E-state index contributed by atoms with van der Waals surface area (Å²) in [7, 11) is 0. The third-order valence-electron chi connectivity index (χ3n) is 3.64. The molecule has 1 aliphatic carbocycles. The van der Waals surface area contributed by atoms with Crippen LogP contribution in [0.25, 0.3) is 6.08 Å². The van der Waals surface area contributed by atoms with Crippen LogP contribution >= 0.6 is 0 Å². The minimum absolute atomic E-state index is 0.150. The van der Waals surface area contributed by atoms with Crippen molar-refractivity contribution >= 4 is 11.9 Å². The Hall–Kier alpha value is -1.41. The lowest BCUT2D eigenvalue weighted by molar-refractivity contribution is -0.135. The summed E-state index contributed by atoms with van der Waals surface area (Å²) in [6.45, 7) is 2.03. The molecule has 0 radical (unpaired) electrons. The predicted octanol–water partition coefficient (Wildman–Crippen LogP) is 3.27. The van der Waals surface area contributed by atoms with Gasteiger partial charge in [0.15, 0.2) is 5.78 Å². The maximum absolute atomic E-state index is 12.0. The van der Waals surface area contributed by atoms with Gasteiger partial charge in [0, 0.05) is 0 Å². The Morgan fingerprint density at radius 2 is 1.78 bits per heavy atom. The van der Waals surface area contributed by atoms with Gasteiger partial charge in [-0.2, -0.15) is 0 Å². The summed E-state index contributed by atoms with van der Waals surface area (Å²) in [5.74, 6) is -0.150. The number of hydrogen-bond acceptors (Lipinski definition) is 2. The first-order valence-electron chi connectivity index (χ1n) is 6.62. The maximum Gasteiger partial charge on any atom is 0.187 e. The summed E-state index contributed by atoms with van der Waals surface area (Å²) < 4.78 is 0. The second kappa shape index (κ2) is 5.49. The fraction of sp³-hybridized carbons (Fsp3) is 0.438.